The third-order valence-corrected chi connectivity index (χ3v) is 2.98. The summed E-state index contributed by atoms with van der Waals surface area (Å²) in [5.41, 5.74) is 1.57. The maximum absolute atomic E-state index is 11.8. The molecular weight excluding hydrogens is 298 g/mol. The Labute approximate surface area is 113 Å². The molecule has 1 amide bonds. The number of hydrogen-bond donors (Lipinski definition) is 1. The van der Waals surface area contributed by atoms with E-state index in [4.69, 9.17) is 4.52 Å². The summed E-state index contributed by atoms with van der Waals surface area (Å²) in [4.78, 5) is 15.9. The summed E-state index contributed by atoms with van der Waals surface area (Å²) in [7, 11) is 0. The number of aromatic nitrogens is 2. The van der Waals surface area contributed by atoms with Crippen LogP contribution in [0, 0.1) is 13.8 Å². The first-order chi connectivity index (χ1) is 8.56. The normalized spacial score (nSPS) is 10.4. The van der Waals surface area contributed by atoms with Crippen molar-refractivity contribution in [2.75, 3.05) is 5.32 Å². The molecule has 2 rings (SSSR count). The molecule has 0 bridgehead atoms. The number of aryl methyl sites for hydroxylation is 2. The van der Waals surface area contributed by atoms with E-state index in [0.29, 0.717) is 11.6 Å². The molecule has 0 fully saturated rings. The van der Waals surface area contributed by atoms with E-state index in [-0.39, 0.29) is 12.3 Å². The Hall–Kier alpha value is -1.69. The number of anilines is 1. The number of hydrogen-bond acceptors (Lipinski definition) is 4. The molecule has 0 aliphatic carbocycles. The summed E-state index contributed by atoms with van der Waals surface area (Å²) in [6, 6.07) is 3.55. The van der Waals surface area contributed by atoms with Crippen LogP contribution in [0.25, 0.3) is 0 Å². The predicted octanol–water partition coefficient (Wildman–Crippen LogP) is 2.63. The van der Waals surface area contributed by atoms with Gasteiger partial charge >= 0.3 is 0 Å². The SMILES string of the molecule is Cc1noc(C)c1CC(=O)Nc1ccc(Br)cn1. The quantitative estimate of drug-likeness (QED) is 0.946. The Morgan fingerprint density at radius 1 is 1.44 bits per heavy atom. The molecule has 2 aromatic heterocycles. The van der Waals surface area contributed by atoms with Gasteiger partial charge in [-0.15, -0.1) is 0 Å². The maximum Gasteiger partial charge on any atom is 0.230 e. The van der Waals surface area contributed by atoms with Gasteiger partial charge in [-0.25, -0.2) is 4.98 Å². The van der Waals surface area contributed by atoms with Crippen LogP contribution >= 0.6 is 15.9 Å². The molecule has 0 saturated carbocycles. The van der Waals surface area contributed by atoms with Crippen LogP contribution in [0.5, 0.6) is 0 Å². The second-order valence-corrected chi connectivity index (χ2v) is 4.81. The summed E-state index contributed by atoms with van der Waals surface area (Å²) in [6.07, 6.45) is 1.87. The first-order valence-corrected chi connectivity index (χ1v) is 6.18. The number of carbonyl (C=O) groups excluding carboxylic acids is 1. The molecule has 0 aliphatic heterocycles. The zero-order valence-corrected chi connectivity index (χ0v) is 11.6. The fourth-order valence-corrected chi connectivity index (χ4v) is 1.79. The molecule has 0 aliphatic rings. The van der Waals surface area contributed by atoms with E-state index in [9.17, 15) is 4.79 Å². The van der Waals surface area contributed by atoms with Crippen molar-refractivity contribution in [2.24, 2.45) is 0 Å². The number of halogens is 1. The number of amides is 1. The van der Waals surface area contributed by atoms with Crippen molar-refractivity contribution in [1.29, 1.82) is 0 Å². The average Bonchev–Trinajstić information content (AvgIpc) is 2.64. The van der Waals surface area contributed by atoms with Gasteiger partial charge in [0.15, 0.2) is 0 Å². The molecule has 2 heterocycles. The molecule has 2 aromatic rings. The van der Waals surface area contributed by atoms with Crippen LogP contribution in [0.3, 0.4) is 0 Å². The summed E-state index contributed by atoms with van der Waals surface area (Å²) in [6.45, 7) is 3.61. The molecule has 6 heteroatoms. The van der Waals surface area contributed by atoms with Crippen LogP contribution in [-0.2, 0) is 11.2 Å². The van der Waals surface area contributed by atoms with Crippen LogP contribution in [0.15, 0.2) is 27.3 Å². The minimum atomic E-state index is -0.140. The number of pyridine rings is 1. The van der Waals surface area contributed by atoms with Gasteiger partial charge in [0.1, 0.15) is 11.6 Å². The second-order valence-electron chi connectivity index (χ2n) is 3.89. The van der Waals surface area contributed by atoms with Gasteiger partial charge in [0.05, 0.1) is 12.1 Å². The minimum absolute atomic E-state index is 0.140. The number of nitrogens with zero attached hydrogens (tertiary/aromatic N) is 2. The van der Waals surface area contributed by atoms with E-state index in [2.05, 4.69) is 31.4 Å². The molecule has 1 N–H and O–H groups in total. The average molecular weight is 310 g/mol. The molecule has 0 radical (unpaired) electrons. The number of rotatable bonds is 3. The lowest BCUT2D eigenvalue weighted by Gasteiger charge is -2.04. The smallest absolute Gasteiger partial charge is 0.230 e. The molecule has 0 saturated heterocycles. The van der Waals surface area contributed by atoms with Gasteiger partial charge < -0.3 is 9.84 Å². The molecular formula is C12H12BrN3O2. The highest BCUT2D eigenvalue weighted by molar-refractivity contribution is 9.10. The standard InChI is InChI=1S/C12H12BrN3O2/c1-7-10(8(2)18-16-7)5-12(17)15-11-4-3-9(13)6-14-11/h3-4,6H,5H2,1-2H3,(H,14,15,17). The van der Waals surface area contributed by atoms with Crippen molar-refractivity contribution in [2.45, 2.75) is 20.3 Å². The Morgan fingerprint density at radius 2 is 2.22 bits per heavy atom. The molecule has 18 heavy (non-hydrogen) atoms. The van der Waals surface area contributed by atoms with Crippen molar-refractivity contribution in [3.8, 4) is 0 Å². The highest BCUT2D eigenvalue weighted by Gasteiger charge is 2.13. The summed E-state index contributed by atoms with van der Waals surface area (Å²) in [5, 5.41) is 6.53. The lowest BCUT2D eigenvalue weighted by molar-refractivity contribution is -0.115. The van der Waals surface area contributed by atoms with Gasteiger partial charge in [-0.3, -0.25) is 4.79 Å². The summed E-state index contributed by atoms with van der Waals surface area (Å²) in [5.74, 6) is 1.06. The van der Waals surface area contributed by atoms with Gasteiger partial charge in [0, 0.05) is 16.2 Å². The third kappa shape index (κ3) is 2.95. The van der Waals surface area contributed by atoms with Crippen LogP contribution in [-0.4, -0.2) is 16.0 Å². The molecule has 5 nitrogen and oxygen atoms in total. The van der Waals surface area contributed by atoms with Crippen LogP contribution in [0.4, 0.5) is 5.82 Å². The Kier molecular flexibility index (Phi) is 3.76. The van der Waals surface area contributed by atoms with Gasteiger partial charge in [-0.1, -0.05) is 5.16 Å². The molecule has 0 unspecified atom stereocenters. The Balaban J connectivity index is 2.03. The zero-order chi connectivity index (χ0) is 13.1. The molecule has 0 spiro atoms. The second kappa shape index (κ2) is 5.30. The third-order valence-electron chi connectivity index (χ3n) is 2.51. The highest BCUT2D eigenvalue weighted by atomic mass is 79.9. The van der Waals surface area contributed by atoms with E-state index in [1.54, 1.807) is 19.2 Å². The molecule has 94 valence electrons. The maximum atomic E-state index is 11.8. The van der Waals surface area contributed by atoms with E-state index < -0.39 is 0 Å². The van der Waals surface area contributed by atoms with Gasteiger partial charge in [0.2, 0.25) is 5.91 Å². The lowest BCUT2D eigenvalue weighted by Crippen LogP contribution is -2.15. The number of nitrogens with one attached hydrogen (secondary N) is 1. The monoisotopic (exact) mass is 309 g/mol. The molecule has 0 aromatic carbocycles. The van der Waals surface area contributed by atoms with Gasteiger partial charge in [0.25, 0.3) is 0 Å². The zero-order valence-electron chi connectivity index (χ0n) is 10.0. The van der Waals surface area contributed by atoms with Crippen LogP contribution in [0.1, 0.15) is 17.0 Å². The first kappa shape index (κ1) is 12.8. The Morgan fingerprint density at radius 3 is 2.78 bits per heavy atom. The van der Waals surface area contributed by atoms with Crippen molar-refractivity contribution >= 4 is 27.7 Å². The predicted molar refractivity (Wildman–Crippen MR) is 70.2 cm³/mol. The molecule has 0 atom stereocenters. The fraction of sp³-hybridized carbons (Fsp3) is 0.250. The van der Waals surface area contributed by atoms with Crippen molar-refractivity contribution in [3.63, 3.8) is 0 Å². The first-order valence-electron chi connectivity index (χ1n) is 5.39. The van der Waals surface area contributed by atoms with Gasteiger partial charge in [-0.05, 0) is 41.9 Å². The topological polar surface area (TPSA) is 68.0 Å². The van der Waals surface area contributed by atoms with E-state index in [1.165, 1.54) is 0 Å². The Bertz CT molecular complexity index is 544. The van der Waals surface area contributed by atoms with E-state index in [0.717, 1.165) is 15.7 Å². The van der Waals surface area contributed by atoms with Crippen LogP contribution in [0.2, 0.25) is 0 Å². The van der Waals surface area contributed by atoms with E-state index >= 15 is 0 Å². The largest absolute Gasteiger partial charge is 0.361 e. The lowest BCUT2D eigenvalue weighted by atomic mass is 10.1. The highest BCUT2D eigenvalue weighted by Crippen LogP contribution is 2.14. The van der Waals surface area contributed by atoms with Gasteiger partial charge in [-0.2, -0.15) is 0 Å². The van der Waals surface area contributed by atoms with Crippen LogP contribution < -0.4 is 5.32 Å². The summed E-state index contributed by atoms with van der Waals surface area (Å²) >= 11 is 3.28. The van der Waals surface area contributed by atoms with E-state index in [1.807, 2.05) is 13.0 Å². The fourth-order valence-electron chi connectivity index (χ4n) is 1.55. The number of carbonyl (C=O) groups is 1. The minimum Gasteiger partial charge on any atom is -0.361 e. The van der Waals surface area contributed by atoms with Crippen molar-refractivity contribution in [1.82, 2.24) is 10.1 Å². The van der Waals surface area contributed by atoms with Crippen molar-refractivity contribution in [3.05, 3.63) is 39.8 Å². The summed E-state index contributed by atoms with van der Waals surface area (Å²) < 4.78 is 5.88. The van der Waals surface area contributed by atoms with Crippen molar-refractivity contribution < 1.29 is 9.32 Å².